The molecule has 0 atom stereocenters. The van der Waals surface area contributed by atoms with Crippen LogP contribution in [0, 0.1) is 0 Å². The van der Waals surface area contributed by atoms with Crippen LogP contribution in [0.5, 0.6) is 11.5 Å². The van der Waals surface area contributed by atoms with E-state index in [9.17, 15) is 4.79 Å². The molecule has 2 aromatic rings. The molecule has 5 nitrogen and oxygen atoms in total. The summed E-state index contributed by atoms with van der Waals surface area (Å²) in [7, 11) is 0. The highest BCUT2D eigenvalue weighted by Gasteiger charge is 2.25. The van der Waals surface area contributed by atoms with E-state index in [0.717, 1.165) is 0 Å². The molecule has 0 N–H and O–H groups in total. The van der Waals surface area contributed by atoms with Crippen LogP contribution < -0.4 is 9.47 Å². The second-order valence-electron chi connectivity index (χ2n) is 6.39. The molecule has 0 saturated carbocycles. The first kappa shape index (κ1) is 21.7. The van der Waals surface area contributed by atoms with E-state index in [1.807, 2.05) is 26.8 Å². The van der Waals surface area contributed by atoms with Gasteiger partial charge in [0, 0.05) is 5.56 Å². The topological polar surface area (TPSA) is 57.1 Å². The number of rotatable bonds is 6. The lowest BCUT2D eigenvalue weighted by molar-refractivity contribution is -0.129. The average molecular weight is 499 g/mol. The van der Waals surface area contributed by atoms with Crippen molar-refractivity contribution in [3.63, 3.8) is 0 Å². The van der Waals surface area contributed by atoms with Crippen LogP contribution in [0.2, 0.25) is 10.0 Å². The van der Waals surface area contributed by atoms with Crippen molar-refractivity contribution in [2.24, 2.45) is 4.99 Å². The van der Waals surface area contributed by atoms with Crippen molar-refractivity contribution >= 4 is 57.1 Å². The minimum Gasteiger partial charge on any atom is -0.490 e. The van der Waals surface area contributed by atoms with Crippen molar-refractivity contribution in [1.29, 1.82) is 0 Å². The van der Waals surface area contributed by atoms with Gasteiger partial charge < -0.3 is 14.2 Å². The number of hydrogen-bond donors (Lipinski definition) is 0. The van der Waals surface area contributed by atoms with Gasteiger partial charge in [0.15, 0.2) is 17.2 Å². The Balaban J connectivity index is 1.97. The summed E-state index contributed by atoms with van der Waals surface area (Å²) >= 11 is 15.5. The third-order valence-corrected chi connectivity index (χ3v) is 5.10. The third-order valence-electron chi connectivity index (χ3n) is 3.78. The van der Waals surface area contributed by atoms with Crippen LogP contribution in [0.25, 0.3) is 6.08 Å². The maximum Gasteiger partial charge on any atom is 0.363 e. The number of carbonyl (C=O) groups excluding carboxylic acids is 1. The molecule has 0 aliphatic carbocycles. The summed E-state index contributed by atoms with van der Waals surface area (Å²) in [4.78, 5) is 16.6. The van der Waals surface area contributed by atoms with E-state index < -0.39 is 5.97 Å². The van der Waals surface area contributed by atoms with Gasteiger partial charge in [-0.05, 0) is 78.7 Å². The summed E-state index contributed by atoms with van der Waals surface area (Å²) in [6.07, 6.45) is 1.61. The van der Waals surface area contributed by atoms with E-state index in [-0.39, 0.29) is 17.7 Å². The lowest BCUT2D eigenvalue weighted by atomic mass is 10.1. The monoisotopic (exact) mass is 497 g/mol. The Labute approximate surface area is 187 Å². The van der Waals surface area contributed by atoms with Crippen LogP contribution in [0.3, 0.4) is 0 Å². The highest BCUT2D eigenvalue weighted by atomic mass is 79.9. The van der Waals surface area contributed by atoms with Gasteiger partial charge in [-0.15, -0.1) is 0 Å². The number of ether oxygens (including phenoxy) is 3. The number of aliphatic imine (C=N–C) groups is 1. The Morgan fingerprint density at radius 1 is 1.21 bits per heavy atom. The maximum absolute atomic E-state index is 12.3. The molecule has 0 amide bonds. The molecule has 2 aromatic carbocycles. The number of nitrogens with zero attached hydrogens (tertiary/aromatic N) is 1. The summed E-state index contributed by atoms with van der Waals surface area (Å²) in [5.74, 6) is 0.798. The van der Waals surface area contributed by atoms with Gasteiger partial charge >= 0.3 is 5.97 Å². The predicted molar refractivity (Wildman–Crippen MR) is 118 cm³/mol. The molecule has 1 heterocycles. The molecule has 8 heteroatoms. The Kier molecular flexibility index (Phi) is 6.88. The van der Waals surface area contributed by atoms with Gasteiger partial charge in [0.25, 0.3) is 0 Å². The molecule has 3 rings (SSSR count). The van der Waals surface area contributed by atoms with E-state index in [1.54, 1.807) is 30.3 Å². The van der Waals surface area contributed by atoms with E-state index in [0.29, 0.717) is 43.8 Å². The summed E-state index contributed by atoms with van der Waals surface area (Å²) in [6.45, 7) is 6.24. The Bertz CT molecular complexity index is 1020. The second kappa shape index (κ2) is 9.20. The molecule has 29 heavy (non-hydrogen) atoms. The zero-order valence-corrected chi connectivity index (χ0v) is 19.1. The maximum atomic E-state index is 12.3. The minimum atomic E-state index is -0.553. The quantitative estimate of drug-likeness (QED) is 0.347. The van der Waals surface area contributed by atoms with Gasteiger partial charge in [-0.1, -0.05) is 23.2 Å². The smallest absolute Gasteiger partial charge is 0.363 e. The summed E-state index contributed by atoms with van der Waals surface area (Å²) < 4.78 is 17.5. The molecule has 0 bridgehead atoms. The first-order valence-electron chi connectivity index (χ1n) is 8.89. The fourth-order valence-corrected chi connectivity index (χ4v) is 3.46. The number of benzene rings is 2. The summed E-state index contributed by atoms with van der Waals surface area (Å²) in [5, 5.41) is 0.763. The third kappa shape index (κ3) is 5.13. The first-order valence-corrected chi connectivity index (χ1v) is 10.4. The fraction of sp³-hybridized carbons (Fsp3) is 0.238. The Morgan fingerprint density at radius 2 is 1.97 bits per heavy atom. The number of esters is 1. The van der Waals surface area contributed by atoms with Crippen LogP contribution in [0.15, 0.2) is 45.5 Å². The minimum absolute atomic E-state index is 0.0159. The van der Waals surface area contributed by atoms with Gasteiger partial charge in [0.2, 0.25) is 5.90 Å². The number of carbonyl (C=O) groups is 1. The average Bonchev–Trinajstić information content (AvgIpc) is 3.01. The molecular weight excluding hydrogens is 481 g/mol. The lowest BCUT2D eigenvalue weighted by Gasteiger charge is -2.16. The number of halogens is 3. The fourth-order valence-electron chi connectivity index (χ4n) is 2.60. The van der Waals surface area contributed by atoms with Gasteiger partial charge in [0.05, 0.1) is 27.2 Å². The highest BCUT2D eigenvalue weighted by Crippen LogP contribution is 2.38. The van der Waals surface area contributed by atoms with Crippen LogP contribution >= 0.6 is 39.1 Å². The van der Waals surface area contributed by atoms with Crippen LogP contribution in [-0.4, -0.2) is 24.6 Å². The second-order valence-corrected chi connectivity index (χ2v) is 8.06. The largest absolute Gasteiger partial charge is 0.490 e. The predicted octanol–water partition coefficient (Wildman–Crippen LogP) is 6.29. The molecule has 0 aromatic heterocycles. The molecule has 0 spiro atoms. The van der Waals surface area contributed by atoms with Crippen molar-refractivity contribution in [3.8, 4) is 11.5 Å². The lowest BCUT2D eigenvalue weighted by Crippen LogP contribution is -2.08. The molecule has 1 aliphatic heterocycles. The molecule has 0 saturated heterocycles. The Hall–Kier alpha value is -2.02. The molecule has 0 unspecified atom stereocenters. The number of hydrogen-bond acceptors (Lipinski definition) is 5. The van der Waals surface area contributed by atoms with Gasteiger partial charge in [-0.2, -0.15) is 0 Å². The molecular formula is C21H18BrCl2NO4. The van der Waals surface area contributed by atoms with Crippen molar-refractivity contribution in [2.45, 2.75) is 26.9 Å². The van der Waals surface area contributed by atoms with Crippen LogP contribution in [-0.2, 0) is 9.53 Å². The van der Waals surface area contributed by atoms with Crippen molar-refractivity contribution in [1.82, 2.24) is 0 Å². The zero-order valence-electron chi connectivity index (χ0n) is 16.0. The van der Waals surface area contributed by atoms with Crippen LogP contribution in [0.4, 0.5) is 0 Å². The first-order chi connectivity index (χ1) is 13.8. The molecule has 152 valence electrons. The molecule has 0 fully saturated rings. The SMILES string of the molecule is CCOc1cc(/C=C2\N=C(c3ccc(Cl)c(Cl)c3)OC2=O)cc(Br)c1OC(C)C. The normalized spacial score (nSPS) is 14.9. The summed E-state index contributed by atoms with van der Waals surface area (Å²) in [6, 6.07) is 8.52. The van der Waals surface area contributed by atoms with E-state index in [4.69, 9.17) is 37.4 Å². The van der Waals surface area contributed by atoms with E-state index in [2.05, 4.69) is 20.9 Å². The summed E-state index contributed by atoms with van der Waals surface area (Å²) in [5.41, 5.74) is 1.44. The molecule has 1 aliphatic rings. The van der Waals surface area contributed by atoms with E-state index >= 15 is 0 Å². The van der Waals surface area contributed by atoms with Crippen molar-refractivity contribution < 1.29 is 19.0 Å². The van der Waals surface area contributed by atoms with E-state index in [1.165, 1.54) is 0 Å². The zero-order chi connectivity index (χ0) is 21.1. The number of cyclic esters (lactones) is 1. The van der Waals surface area contributed by atoms with Crippen molar-refractivity contribution in [3.05, 3.63) is 61.7 Å². The standard InChI is InChI=1S/C21H18BrCl2NO4/c1-4-27-18-9-12(7-14(22)19(18)28-11(2)3)8-17-21(26)29-20(25-17)13-5-6-15(23)16(24)10-13/h5-11H,4H2,1-3H3/b17-8-. The van der Waals surface area contributed by atoms with Crippen LogP contribution in [0.1, 0.15) is 31.9 Å². The van der Waals surface area contributed by atoms with Gasteiger partial charge in [-0.3, -0.25) is 0 Å². The van der Waals surface area contributed by atoms with Gasteiger partial charge in [-0.25, -0.2) is 9.79 Å². The highest BCUT2D eigenvalue weighted by molar-refractivity contribution is 9.10. The Morgan fingerprint density at radius 3 is 2.62 bits per heavy atom. The molecule has 0 radical (unpaired) electrons. The van der Waals surface area contributed by atoms with Crippen molar-refractivity contribution in [2.75, 3.05) is 6.61 Å². The van der Waals surface area contributed by atoms with Gasteiger partial charge in [0.1, 0.15) is 0 Å².